The molecule has 5 heteroatoms. The smallest absolute Gasteiger partial charge is 0.355 e. The van der Waals surface area contributed by atoms with Gasteiger partial charge in [-0.2, -0.15) is 0 Å². The largest absolute Gasteiger partial charge is 0.458 e. The van der Waals surface area contributed by atoms with Crippen LogP contribution >= 0.6 is 0 Å². The summed E-state index contributed by atoms with van der Waals surface area (Å²) in [5.74, 6) is -0.395. The molecule has 0 unspecified atom stereocenters. The van der Waals surface area contributed by atoms with Crippen molar-refractivity contribution in [3.8, 4) is 0 Å². The Hall–Kier alpha value is -2.82. The molecule has 0 fully saturated rings. The molecule has 0 bridgehead atoms. The lowest BCUT2D eigenvalue weighted by Crippen LogP contribution is -2.23. The molecule has 1 aromatic heterocycles. The third kappa shape index (κ3) is 4.19. The van der Waals surface area contributed by atoms with Crippen LogP contribution in [0.2, 0.25) is 0 Å². The normalized spacial score (nSPS) is 15.1. The summed E-state index contributed by atoms with van der Waals surface area (Å²) >= 11 is 0. The maximum Gasteiger partial charge on any atom is 0.355 e. The molecule has 0 atom stereocenters. The van der Waals surface area contributed by atoms with E-state index in [1.165, 1.54) is 5.56 Å². The molecule has 1 aliphatic rings. The second-order valence-electron chi connectivity index (χ2n) is 7.88. The summed E-state index contributed by atoms with van der Waals surface area (Å²) < 4.78 is 7.27. The summed E-state index contributed by atoms with van der Waals surface area (Å²) in [5.41, 5.74) is 4.95. The standard InChI is InChI=1S/C23H28N2O3/c1-15(2)28-23(27)20-12-18-10-11-19(14-24(4)5)22(26)21(18)25(20)13-17-8-6-16(3)7-9-17/h6-9,12,14-15H,10-11,13H2,1-5H3. The van der Waals surface area contributed by atoms with Crippen molar-refractivity contribution < 1.29 is 14.3 Å². The van der Waals surface area contributed by atoms with E-state index in [2.05, 4.69) is 0 Å². The van der Waals surface area contributed by atoms with Crippen molar-refractivity contribution in [1.29, 1.82) is 0 Å². The zero-order valence-corrected chi connectivity index (χ0v) is 17.3. The van der Waals surface area contributed by atoms with Gasteiger partial charge in [-0.15, -0.1) is 0 Å². The van der Waals surface area contributed by atoms with Crippen LogP contribution in [0.25, 0.3) is 0 Å². The van der Waals surface area contributed by atoms with Crippen LogP contribution in [0, 0.1) is 6.92 Å². The number of benzene rings is 1. The predicted octanol–water partition coefficient (Wildman–Crippen LogP) is 3.98. The number of allylic oxidation sites excluding steroid dienone is 1. The minimum Gasteiger partial charge on any atom is -0.458 e. The van der Waals surface area contributed by atoms with E-state index in [0.29, 0.717) is 24.4 Å². The molecule has 5 nitrogen and oxygen atoms in total. The third-order valence-electron chi connectivity index (χ3n) is 4.77. The SMILES string of the molecule is Cc1ccc(Cn2c(C(=O)OC(C)C)cc3c2C(=O)C(=CN(C)C)CC3)cc1. The molecule has 148 valence electrons. The van der Waals surface area contributed by atoms with Gasteiger partial charge in [0.1, 0.15) is 5.69 Å². The average Bonchev–Trinajstić information content (AvgIpc) is 2.98. The maximum atomic E-state index is 13.2. The lowest BCUT2D eigenvalue weighted by atomic mass is 9.92. The van der Waals surface area contributed by atoms with E-state index in [1.807, 2.05) is 80.9 Å². The highest BCUT2D eigenvalue weighted by atomic mass is 16.5. The van der Waals surface area contributed by atoms with Gasteiger partial charge in [-0.3, -0.25) is 4.79 Å². The first-order chi connectivity index (χ1) is 13.3. The van der Waals surface area contributed by atoms with E-state index in [9.17, 15) is 9.59 Å². The van der Waals surface area contributed by atoms with Crippen LogP contribution in [0.3, 0.4) is 0 Å². The number of carbonyl (C=O) groups is 2. The third-order valence-corrected chi connectivity index (χ3v) is 4.77. The predicted molar refractivity (Wildman–Crippen MR) is 110 cm³/mol. The van der Waals surface area contributed by atoms with Crippen molar-refractivity contribution >= 4 is 11.8 Å². The Morgan fingerprint density at radius 1 is 1.21 bits per heavy atom. The van der Waals surface area contributed by atoms with Crippen LogP contribution in [0.5, 0.6) is 0 Å². The van der Waals surface area contributed by atoms with Crippen LogP contribution in [0.4, 0.5) is 0 Å². The Kier molecular flexibility index (Phi) is 5.73. The zero-order valence-electron chi connectivity index (χ0n) is 17.3. The molecule has 0 spiro atoms. The first-order valence-corrected chi connectivity index (χ1v) is 9.67. The van der Waals surface area contributed by atoms with E-state index in [4.69, 9.17) is 4.74 Å². The van der Waals surface area contributed by atoms with Crippen molar-refractivity contribution in [2.75, 3.05) is 14.1 Å². The minimum absolute atomic E-state index is 0.00865. The van der Waals surface area contributed by atoms with E-state index in [1.54, 1.807) is 0 Å². The number of carbonyl (C=O) groups excluding carboxylic acids is 2. The second-order valence-corrected chi connectivity index (χ2v) is 7.88. The van der Waals surface area contributed by atoms with Gasteiger partial charge in [0.15, 0.2) is 0 Å². The fourth-order valence-corrected chi connectivity index (χ4v) is 3.52. The number of hydrogen-bond donors (Lipinski definition) is 0. The maximum absolute atomic E-state index is 13.2. The molecule has 0 N–H and O–H groups in total. The van der Waals surface area contributed by atoms with Crippen molar-refractivity contribution in [2.45, 2.75) is 46.3 Å². The average molecular weight is 380 g/mol. The van der Waals surface area contributed by atoms with Gasteiger partial charge >= 0.3 is 5.97 Å². The van der Waals surface area contributed by atoms with Crippen LogP contribution in [-0.2, 0) is 17.7 Å². The van der Waals surface area contributed by atoms with Gasteiger partial charge in [0, 0.05) is 32.4 Å². The van der Waals surface area contributed by atoms with Crippen molar-refractivity contribution in [3.05, 3.63) is 70.2 Å². The fraction of sp³-hybridized carbons (Fsp3) is 0.391. The van der Waals surface area contributed by atoms with Gasteiger partial charge in [0.05, 0.1) is 11.8 Å². The number of hydrogen-bond acceptors (Lipinski definition) is 4. The number of fused-ring (bicyclic) bond motifs is 1. The van der Waals surface area contributed by atoms with Crippen molar-refractivity contribution in [2.24, 2.45) is 0 Å². The Morgan fingerprint density at radius 3 is 2.50 bits per heavy atom. The van der Waals surface area contributed by atoms with E-state index in [0.717, 1.165) is 23.1 Å². The fourth-order valence-electron chi connectivity index (χ4n) is 3.52. The quantitative estimate of drug-likeness (QED) is 0.581. The van der Waals surface area contributed by atoms with Crippen molar-refractivity contribution in [3.63, 3.8) is 0 Å². The molecule has 1 aromatic carbocycles. The molecule has 0 amide bonds. The van der Waals surface area contributed by atoms with Gasteiger partial charge < -0.3 is 14.2 Å². The topological polar surface area (TPSA) is 51.5 Å². The highest BCUT2D eigenvalue weighted by Gasteiger charge is 2.30. The molecule has 1 aliphatic carbocycles. The summed E-state index contributed by atoms with van der Waals surface area (Å²) in [7, 11) is 3.82. The number of ether oxygens (including phenoxy) is 1. The molecule has 0 saturated carbocycles. The van der Waals surface area contributed by atoms with Gasteiger partial charge in [-0.1, -0.05) is 29.8 Å². The van der Waals surface area contributed by atoms with E-state index >= 15 is 0 Å². The lowest BCUT2D eigenvalue weighted by molar-refractivity contribution is 0.0365. The number of Topliss-reactive ketones (excluding diaryl/α,β-unsaturated/α-hetero) is 1. The highest BCUT2D eigenvalue weighted by molar-refractivity contribution is 6.10. The number of rotatable bonds is 5. The molecule has 0 aliphatic heterocycles. The summed E-state index contributed by atoms with van der Waals surface area (Å²) in [6.45, 7) is 6.15. The molecular weight excluding hydrogens is 352 g/mol. The van der Waals surface area contributed by atoms with E-state index < -0.39 is 0 Å². The Balaban J connectivity index is 2.08. The van der Waals surface area contributed by atoms with E-state index in [-0.39, 0.29) is 17.9 Å². The summed E-state index contributed by atoms with van der Waals surface area (Å²) in [5, 5.41) is 0. The Morgan fingerprint density at radius 2 is 1.89 bits per heavy atom. The first-order valence-electron chi connectivity index (χ1n) is 9.67. The second kappa shape index (κ2) is 8.05. The van der Waals surface area contributed by atoms with Gasteiger partial charge in [0.2, 0.25) is 5.78 Å². The molecule has 0 saturated heterocycles. The van der Waals surface area contributed by atoms with Crippen LogP contribution < -0.4 is 0 Å². The van der Waals surface area contributed by atoms with Gasteiger partial charge in [-0.05, 0) is 50.8 Å². The number of nitrogens with zero attached hydrogens (tertiary/aromatic N) is 2. The number of aryl methyl sites for hydroxylation is 2. The van der Waals surface area contributed by atoms with Gasteiger partial charge in [-0.25, -0.2) is 4.79 Å². The van der Waals surface area contributed by atoms with Crippen LogP contribution in [0.1, 0.15) is 57.9 Å². The number of esters is 1. The molecule has 3 rings (SSSR count). The summed E-state index contributed by atoms with van der Waals surface area (Å²) in [4.78, 5) is 27.8. The molecular formula is C23H28N2O3. The zero-order chi connectivity index (χ0) is 20.4. The monoisotopic (exact) mass is 380 g/mol. The van der Waals surface area contributed by atoms with Crippen LogP contribution in [0.15, 0.2) is 42.1 Å². The van der Waals surface area contributed by atoms with Crippen molar-refractivity contribution in [1.82, 2.24) is 9.47 Å². The molecule has 0 radical (unpaired) electrons. The highest BCUT2D eigenvalue weighted by Crippen LogP contribution is 2.30. The number of ketones is 1. The molecule has 2 aromatic rings. The number of aromatic nitrogens is 1. The summed E-state index contributed by atoms with van der Waals surface area (Å²) in [6.07, 6.45) is 3.08. The first kappa shape index (κ1) is 19.9. The Bertz CT molecular complexity index is 918. The summed E-state index contributed by atoms with van der Waals surface area (Å²) in [6, 6.07) is 9.97. The Labute approximate surface area is 166 Å². The van der Waals surface area contributed by atoms with Gasteiger partial charge in [0.25, 0.3) is 0 Å². The van der Waals surface area contributed by atoms with Crippen LogP contribution in [-0.4, -0.2) is 41.4 Å². The molecule has 1 heterocycles. The minimum atomic E-state index is -0.387. The lowest BCUT2D eigenvalue weighted by Gasteiger charge is -2.20. The molecule has 28 heavy (non-hydrogen) atoms.